The molecule has 0 aromatic carbocycles. The summed E-state index contributed by atoms with van der Waals surface area (Å²) in [4.78, 5) is 14.8. The van der Waals surface area contributed by atoms with E-state index >= 15 is 0 Å². The molecule has 0 bridgehead atoms. The smallest absolute Gasteiger partial charge is 0.247 e. The van der Waals surface area contributed by atoms with Crippen LogP contribution in [-0.4, -0.2) is 25.5 Å². The largest absolute Gasteiger partial charge is 0.309 e. The number of aryl methyl sites for hydroxylation is 3. The zero-order chi connectivity index (χ0) is 17.6. The number of hydrogen-bond acceptors (Lipinski definition) is 4. The average Bonchev–Trinajstić information content (AvgIpc) is 3.08. The summed E-state index contributed by atoms with van der Waals surface area (Å²) in [6.07, 6.45) is 4.31. The molecule has 0 spiro atoms. The van der Waals surface area contributed by atoms with Crippen LogP contribution in [-0.2, 0) is 18.4 Å². The normalized spacial score (nSPS) is 14.0. The first-order valence-electron chi connectivity index (χ1n) is 8.44. The number of amides is 1. The molecule has 0 radical (unpaired) electrons. The summed E-state index contributed by atoms with van der Waals surface area (Å²) in [6, 6.07) is 6.14. The van der Waals surface area contributed by atoms with E-state index in [4.69, 9.17) is 0 Å². The van der Waals surface area contributed by atoms with Crippen LogP contribution < -0.4 is 5.32 Å². The predicted octanol–water partition coefficient (Wildman–Crippen LogP) is 3.48. The molecule has 3 aromatic heterocycles. The van der Waals surface area contributed by atoms with Crippen LogP contribution in [0.25, 0.3) is 10.6 Å². The maximum absolute atomic E-state index is 12.4. The third kappa shape index (κ3) is 3.37. The molecule has 0 atom stereocenters. The molecule has 0 saturated heterocycles. The molecule has 7 heteroatoms. The Morgan fingerprint density at radius 2 is 2.12 bits per heavy atom. The molecule has 4 rings (SSSR count). The van der Waals surface area contributed by atoms with Crippen LogP contribution in [0, 0.1) is 13.8 Å². The van der Waals surface area contributed by atoms with Gasteiger partial charge < -0.3 is 5.32 Å². The number of nitrogens with zero attached hydrogens (tertiary/aromatic N) is 4. The van der Waals surface area contributed by atoms with Crippen molar-refractivity contribution < 1.29 is 4.79 Å². The molecule has 130 valence electrons. The second-order valence-corrected chi connectivity index (χ2v) is 7.96. The molecular formula is C18H21N5OS. The van der Waals surface area contributed by atoms with Gasteiger partial charge in [0.1, 0.15) is 18.1 Å². The van der Waals surface area contributed by atoms with Gasteiger partial charge in [-0.15, -0.1) is 11.3 Å². The van der Waals surface area contributed by atoms with Crippen LogP contribution in [0.3, 0.4) is 0 Å². The maximum Gasteiger partial charge on any atom is 0.247 e. The van der Waals surface area contributed by atoms with Crippen molar-refractivity contribution in [2.45, 2.75) is 39.2 Å². The lowest BCUT2D eigenvalue weighted by Gasteiger charge is -2.05. The molecule has 1 fully saturated rings. The average molecular weight is 355 g/mol. The quantitative estimate of drug-likeness (QED) is 0.762. The first-order valence-corrected chi connectivity index (χ1v) is 9.26. The summed E-state index contributed by atoms with van der Waals surface area (Å²) in [5.41, 5.74) is 3.09. The fourth-order valence-corrected chi connectivity index (χ4v) is 3.84. The van der Waals surface area contributed by atoms with Crippen molar-refractivity contribution in [2.75, 3.05) is 5.32 Å². The second kappa shape index (κ2) is 6.15. The fourth-order valence-electron chi connectivity index (χ4n) is 2.92. The third-order valence-corrected chi connectivity index (χ3v) is 5.39. The Hall–Kier alpha value is -2.41. The van der Waals surface area contributed by atoms with Gasteiger partial charge in [0.15, 0.2) is 0 Å². The summed E-state index contributed by atoms with van der Waals surface area (Å²) in [5.74, 6) is 1.22. The van der Waals surface area contributed by atoms with E-state index in [1.807, 2.05) is 26.2 Å². The van der Waals surface area contributed by atoms with Crippen LogP contribution >= 0.6 is 11.3 Å². The van der Waals surface area contributed by atoms with Crippen molar-refractivity contribution in [1.29, 1.82) is 0 Å². The molecule has 1 N–H and O–H groups in total. The van der Waals surface area contributed by atoms with E-state index in [2.05, 4.69) is 34.6 Å². The first-order chi connectivity index (χ1) is 12.0. The third-order valence-electron chi connectivity index (χ3n) is 4.39. The molecule has 1 amide bonds. The van der Waals surface area contributed by atoms with E-state index in [0.717, 1.165) is 27.6 Å². The zero-order valence-electron chi connectivity index (χ0n) is 14.6. The van der Waals surface area contributed by atoms with Gasteiger partial charge in [-0.25, -0.2) is 0 Å². The van der Waals surface area contributed by atoms with E-state index in [1.165, 1.54) is 17.7 Å². The molecule has 3 aromatic rings. The molecule has 25 heavy (non-hydrogen) atoms. The van der Waals surface area contributed by atoms with Crippen LogP contribution in [0.15, 0.2) is 24.4 Å². The number of nitrogens with one attached hydrogen (secondary N) is 1. The molecule has 3 heterocycles. The van der Waals surface area contributed by atoms with Gasteiger partial charge in [-0.2, -0.15) is 10.2 Å². The van der Waals surface area contributed by atoms with Gasteiger partial charge in [0.25, 0.3) is 0 Å². The number of rotatable bonds is 5. The molecule has 0 unspecified atom stereocenters. The Morgan fingerprint density at radius 3 is 2.80 bits per heavy atom. The van der Waals surface area contributed by atoms with Gasteiger partial charge in [-0.1, -0.05) is 0 Å². The second-order valence-electron chi connectivity index (χ2n) is 6.67. The van der Waals surface area contributed by atoms with E-state index in [-0.39, 0.29) is 12.5 Å². The Labute approximate surface area is 150 Å². The van der Waals surface area contributed by atoms with Gasteiger partial charge in [0.2, 0.25) is 5.91 Å². The highest BCUT2D eigenvalue weighted by Crippen LogP contribution is 2.39. The van der Waals surface area contributed by atoms with E-state index < -0.39 is 0 Å². The topological polar surface area (TPSA) is 64.7 Å². The van der Waals surface area contributed by atoms with Crippen LogP contribution in [0.2, 0.25) is 0 Å². The molecule has 1 aliphatic rings. The minimum absolute atomic E-state index is 0.0956. The van der Waals surface area contributed by atoms with Gasteiger partial charge >= 0.3 is 0 Å². The monoisotopic (exact) mass is 355 g/mol. The lowest BCUT2D eigenvalue weighted by molar-refractivity contribution is -0.116. The van der Waals surface area contributed by atoms with Crippen molar-refractivity contribution in [3.05, 3.63) is 40.5 Å². The predicted molar refractivity (Wildman–Crippen MR) is 98.8 cm³/mol. The Morgan fingerprint density at radius 1 is 1.32 bits per heavy atom. The van der Waals surface area contributed by atoms with Gasteiger partial charge in [0.05, 0.1) is 10.6 Å². The van der Waals surface area contributed by atoms with Gasteiger partial charge in [-0.3, -0.25) is 14.2 Å². The zero-order valence-corrected chi connectivity index (χ0v) is 15.4. The Bertz CT molecular complexity index is 931. The van der Waals surface area contributed by atoms with Gasteiger partial charge in [0, 0.05) is 30.1 Å². The lowest BCUT2D eigenvalue weighted by atomic mass is 10.2. The van der Waals surface area contributed by atoms with Crippen molar-refractivity contribution in [3.8, 4) is 10.6 Å². The van der Waals surface area contributed by atoms with Crippen molar-refractivity contribution in [3.63, 3.8) is 0 Å². The minimum Gasteiger partial charge on any atom is -0.309 e. The molecule has 1 aliphatic carbocycles. The Kier molecular flexibility index (Phi) is 3.95. The van der Waals surface area contributed by atoms with Crippen LogP contribution in [0.1, 0.15) is 34.9 Å². The fraction of sp³-hybridized carbons (Fsp3) is 0.389. The number of carbonyl (C=O) groups excluding carboxylic acids is 1. The molecule has 1 saturated carbocycles. The molecule has 0 aliphatic heterocycles. The summed E-state index contributed by atoms with van der Waals surface area (Å²) in [5, 5.41) is 12.0. The molecule has 6 nitrogen and oxygen atoms in total. The minimum atomic E-state index is -0.0956. The van der Waals surface area contributed by atoms with Crippen molar-refractivity contribution in [1.82, 2.24) is 19.6 Å². The standard InChI is InChI=1S/C18H21N5OS/c1-11-9-23(21-18(11)15-7-4-12(2)25-15)10-17(24)19-16-8-14(13-5-6-13)20-22(16)3/h4,7-9,13H,5-6,10H2,1-3H3,(H,19,24). The number of anilines is 1. The number of aromatic nitrogens is 4. The summed E-state index contributed by atoms with van der Waals surface area (Å²) >= 11 is 1.72. The summed E-state index contributed by atoms with van der Waals surface area (Å²) in [6.45, 7) is 4.29. The number of hydrogen-bond donors (Lipinski definition) is 1. The highest BCUT2D eigenvalue weighted by molar-refractivity contribution is 7.15. The lowest BCUT2D eigenvalue weighted by Crippen LogP contribution is -2.20. The molecular weight excluding hydrogens is 334 g/mol. The SMILES string of the molecule is Cc1ccc(-c2nn(CC(=O)Nc3cc(C4CC4)nn3C)cc2C)s1. The van der Waals surface area contributed by atoms with Crippen LogP contribution in [0.5, 0.6) is 0 Å². The highest BCUT2D eigenvalue weighted by Gasteiger charge is 2.27. The highest BCUT2D eigenvalue weighted by atomic mass is 32.1. The number of thiophene rings is 1. The van der Waals surface area contributed by atoms with Crippen LogP contribution in [0.4, 0.5) is 5.82 Å². The van der Waals surface area contributed by atoms with Gasteiger partial charge in [-0.05, 0) is 44.4 Å². The van der Waals surface area contributed by atoms with E-state index in [9.17, 15) is 4.79 Å². The summed E-state index contributed by atoms with van der Waals surface area (Å²) < 4.78 is 3.44. The van der Waals surface area contributed by atoms with E-state index in [1.54, 1.807) is 20.7 Å². The van der Waals surface area contributed by atoms with Crippen molar-refractivity contribution in [2.24, 2.45) is 7.05 Å². The van der Waals surface area contributed by atoms with E-state index in [0.29, 0.717) is 5.92 Å². The first kappa shape index (κ1) is 16.1. The Balaban J connectivity index is 1.46. The summed E-state index contributed by atoms with van der Waals surface area (Å²) in [7, 11) is 1.86. The maximum atomic E-state index is 12.4. The number of carbonyl (C=O) groups is 1. The van der Waals surface area contributed by atoms with Crippen molar-refractivity contribution >= 4 is 23.1 Å².